The average Bonchev–Trinajstić information content (AvgIpc) is 3.12. The first-order valence-corrected chi connectivity index (χ1v) is 9.09. The first-order chi connectivity index (χ1) is 12.7. The van der Waals surface area contributed by atoms with E-state index in [1.165, 1.54) is 0 Å². The highest BCUT2D eigenvalue weighted by atomic mass is 79.9. The molecule has 4 rings (SSSR count). The highest BCUT2D eigenvalue weighted by molar-refractivity contribution is 9.10. The smallest absolute Gasteiger partial charge is 0.254 e. The fourth-order valence-electron chi connectivity index (χ4n) is 2.82. The number of pyridine rings is 1. The second-order valence-electron chi connectivity index (χ2n) is 6.17. The van der Waals surface area contributed by atoms with Gasteiger partial charge in [0.25, 0.3) is 5.91 Å². The zero-order chi connectivity index (χ0) is 17.9. The van der Waals surface area contributed by atoms with Crippen molar-refractivity contribution in [3.8, 4) is 5.88 Å². The molecule has 132 valence electrons. The van der Waals surface area contributed by atoms with Crippen molar-refractivity contribution in [2.45, 2.75) is 12.6 Å². The van der Waals surface area contributed by atoms with E-state index in [-0.39, 0.29) is 12.0 Å². The molecule has 2 aromatic heterocycles. The first-order valence-electron chi connectivity index (χ1n) is 8.30. The number of ether oxygens (including phenoxy) is 1. The molecule has 0 saturated carbocycles. The SMILES string of the molecule is O=C(c1ccc(Cn2ccnc2)cc1)N1CC(Oc2ncccc2Br)C1. The van der Waals surface area contributed by atoms with Crippen LogP contribution in [-0.2, 0) is 6.54 Å². The molecule has 1 saturated heterocycles. The zero-order valence-corrected chi connectivity index (χ0v) is 15.5. The standard InChI is InChI=1S/C19H17BrN4O2/c20-17-2-1-7-22-18(17)26-16-11-24(12-16)19(25)15-5-3-14(4-6-15)10-23-9-8-21-13-23/h1-9,13,16H,10-12H2. The molecule has 26 heavy (non-hydrogen) atoms. The maximum atomic E-state index is 12.6. The van der Waals surface area contributed by atoms with Gasteiger partial charge in [-0.05, 0) is 45.8 Å². The number of carbonyl (C=O) groups excluding carboxylic acids is 1. The number of hydrogen-bond donors (Lipinski definition) is 0. The Kier molecular flexibility index (Phi) is 4.71. The summed E-state index contributed by atoms with van der Waals surface area (Å²) in [5.41, 5.74) is 1.82. The van der Waals surface area contributed by atoms with E-state index in [0.717, 1.165) is 16.6 Å². The van der Waals surface area contributed by atoms with Crippen molar-refractivity contribution >= 4 is 21.8 Å². The van der Waals surface area contributed by atoms with Gasteiger partial charge in [0.1, 0.15) is 6.10 Å². The number of aromatic nitrogens is 3. The van der Waals surface area contributed by atoms with Crippen LogP contribution in [0.1, 0.15) is 15.9 Å². The van der Waals surface area contributed by atoms with Gasteiger partial charge >= 0.3 is 0 Å². The van der Waals surface area contributed by atoms with E-state index >= 15 is 0 Å². The lowest BCUT2D eigenvalue weighted by Crippen LogP contribution is -2.56. The third-order valence-corrected chi connectivity index (χ3v) is 4.87. The minimum atomic E-state index is -0.0225. The van der Waals surface area contributed by atoms with E-state index in [1.54, 1.807) is 23.6 Å². The molecule has 0 spiro atoms. The lowest BCUT2D eigenvalue weighted by atomic mass is 10.1. The van der Waals surface area contributed by atoms with Gasteiger partial charge in [0, 0.05) is 30.7 Å². The maximum Gasteiger partial charge on any atom is 0.254 e. The third kappa shape index (κ3) is 3.62. The molecule has 3 aromatic rings. The van der Waals surface area contributed by atoms with Crippen LogP contribution in [0.15, 0.2) is 65.8 Å². The van der Waals surface area contributed by atoms with E-state index < -0.39 is 0 Å². The third-order valence-electron chi connectivity index (χ3n) is 4.26. The van der Waals surface area contributed by atoms with Gasteiger partial charge in [-0.1, -0.05) is 12.1 Å². The van der Waals surface area contributed by atoms with Crippen LogP contribution < -0.4 is 4.74 Å². The number of likely N-dealkylation sites (tertiary alicyclic amines) is 1. The van der Waals surface area contributed by atoms with Crippen LogP contribution in [0.2, 0.25) is 0 Å². The number of hydrogen-bond acceptors (Lipinski definition) is 4. The summed E-state index contributed by atoms with van der Waals surface area (Å²) in [5.74, 6) is 0.590. The summed E-state index contributed by atoms with van der Waals surface area (Å²) in [7, 11) is 0. The van der Waals surface area contributed by atoms with E-state index in [1.807, 2.05) is 47.2 Å². The molecule has 3 heterocycles. The van der Waals surface area contributed by atoms with Crippen molar-refractivity contribution < 1.29 is 9.53 Å². The maximum absolute atomic E-state index is 12.6. The van der Waals surface area contributed by atoms with Crippen molar-refractivity contribution in [3.63, 3.8) is 0 Å². The van der Waals surface area contributed by atoms with Crippen molar-refractivity contribution in [1.29, 1.82) is 0 Å². The Balaban J connectivity index is 1.32. The van der Waals surface area contributed by atoms with E-state index in [4.69, 9.17) is 4.74 Å². The Morgan fingerprint density at radius 1 is 1.19 bits per heavy atom. The normalized spacial score (nSPS) is 14.1. The Morgan fingerprint density at radius 3 is 2.69 bits per heavy atom. The lowest BCUT2D eigenvalue weighted by molar-refractivity contribution is 0.0157. The molecular formula is C19H17BrN4O2. The Morgan fingerprint density at radius 2 is 2.00 bits per heavy atom. The molecule has 0 radical (unpaired) electrons. The minimum Gasteiger partial charge on any atom is -0.470 e. The number of rotatable bonds is 5. The molecule has 0 atom stereocenters. The summed E-state index contributed by atoms with van der Waals surface area (Å²) in [6.45, 7) is 1.88. The second-order valence-corrected chi connectivity index (χ2v) is 7.03. The van der Waals surface area contributed by atoms with Crippen molar-refractivity contribution in [2.24, 2.45) is 0 Å². The Bertz CT molecular complexity index is 890. The van der Waals surface area contributed by atoms with Crippen molar-refractivity contribution in [2.75, 3.05) is 13.1 Å². The summed E-state index contributed by atoms with van der Waals surface area (Å²) in [4.78, 5) is 22.6. The van der Waals surface area contributed by atoms with E-state index in [0.29, 0.717) is 24.5 Å². The predicted octanol–water partition coefficient (Wildman–Crippen LogP) is 2.99. The molecule has 1 fully saturated rings. The summed E-state index contributed by atoms with van der Waals surface area (Å²) >= 11 is 3.41. The average molecular weight is 413 g/mol. The van der Waals surface area contributed by atoms with Gasteiger partial charge in [-0.25, -0.2) is 9.97 Å². The predicted molar refractivity (Wildman–Crippen MR) is 100 cm³/mol. The molecule has 1 aliphatic heterocycles. The zero-order valence-electron chi connectivity index (χ0n) is 14.0. The van der Waals surface area contributed by atoms with Crippen LogP contribution >= 0.6 is 15.9 Å². The van der Waals surface area contributed by atoms with Gasteiger partial charge < -0.3 is 14.2 Å². The molecule has 7 heteroatoms. The van der Waals surface area contributed by atoms with E-state index in [9.17, 15) is 4.79 Å². The molecule has 6 nitrogen and oxygen atoms in total. The van der Waals surface area contributed by atoms with Crippen LogP contribution in [0.4, 0.5) is 0 Å². The monoisotopic (exact) mass is 412 g/mol. The fourth-order valence-corrected chi connectivity index (χ4v) is 3.17. The molecule has 0 aliphatic carbocycles. The van der Waals surface area contributed by atoms with Crippen molar-refractivity contribution in [1.82, 2.24) is 19.4 Å². The number of amides is 1. The van der Waals surface area contributed by atoms with Gasteiger partial charge in [0.2, 0.25) is 5.88 Å². The van der Waals surface area contributed by atoms with E-state index in [2.05, 4.69) is 25.9 Å². The van der Waals surface area contributed by atoms with Crippen LogP contribution in [-0.4, -0.2) is 44.5 Å². The number of halogens is 1. The highest BCUT2D eigenvalue weighted by Crippen LogP contribution is 2.25. The molecule has 1 aliphatic rings. The number of benzene rings is 1. The number of imidazole rings is 1. The highest BCUT2D eigenvalue weighted by Gasteiger charge is 2.33. The van der Waals surface area contributed by atoms with Crippen LogP contribution in [0.5, 0.6) is 5.88 Å². The second kappa shape index (κ2) is 7.29. The van der Waals surface area contributed by atoms with Crippen molar-refractivity contribution in [3.05, 3.63) is 76.9 Å². The first kappa shape index (κ1) is 16.8. The van der Waals surface area contributed by atoms with Crippen LogP contribution in [0.3, 0.4) is 0 Å². The minimum absolute atomic E-state index is 0.0225. The molecule has 0 bridgehead atoms. The van der Waals surface area contributed by atoms with Crippen LogP contribution in [0.25, 0.3) is 0 Å². The lowest BCUT2D eigenvalue weighted by Gasteiger charge is -2.38. The van der Waals surface area contributed by atoms with Gasteiger partial charge in [0.15, 0.2) is 0 Å². The number of nitrogens with zero attached hydrogens (tertiary/aromatic N) is 4. The van der Waals surface area contributed by atoms with Gasteiger partial charge in [-0.3, -0.25) is 4.79 Å². The summed E-state index contributed by atoms with van der Waals surface area (Å²) in [6.07, 6.45) is 7.11. The molecule has 1 amide bonds. The van der Waals surface area contributed by atoms with Gasteiger partial charge in [-0.2, -0.15) is 0 Å². The molecule has 0 N–H and O–H groups in total. The molecular weight excluding hydrogens is 396 g/mol. The Labute approximate surface area is 159 Å². The van der Waals surface area contributed by atoms with Crippen LogP contribution in [0, 0.1) is 0 Å². The molecule has 0 unspecified atom stereocenters. The quantitative estimate of drug-likeness (QED) is 0.646. The topological polar surface area (TPSA) is 60.2 Å². The van der Waals surface area contributed by atoms with Gasteiger partial charge in [0.05, 0.1) is 23.9 Å². The number of carbonyl (C=O) groups is 1. The van der Waals surface area contributed by atoms with Gasteiger partial charge in [-0.15, -0.1) is 0 Å². The molecule has 1 aromatic carbocycles. The fraction of sp³-hybridized carbons (Fsp3) is 0.211. The summed E-state index contributed by atoms with van der Waals surface area (Å²) in [6, 6.07) is 11.4. The summed E-state index contributed by atoms with van der Waals surface area (Å²) in [5, 5.41) is 0. The largest absolute Gasteiger partial charge is 0.470 e. The summed E-state index contributed by atoms with van der Waals surface area (Å²) < 4.78 is 8.62. The Hall–Kier alpha value is -2.67.